The van der Waals surface area contributed by atoms with Gasteiger partial charge in [-0.25, -0.2) is 4.79 Å². The lowest BCUT2D eigenvalue weighted by atomic mass is 10.1. The molecule has 0 bridgehead atoms. The average molecular weight is 675 g/mol. The van der Waals surface area contributed by atoms with Crippen LogP contribution < -0.4 is 10.6 Å². The van der Waals surface area contributed by atoms with E-state index >= 15 is 0 Å². The summed E-state index contributed by atoms with van der Waals surface area (Å²) < 4.78 is 60.2. The molecule has 1 heterocycles. The van der Waals surface area contributed by atoms with Crippen LogP contribution in [0.1, 0.15) is 18.4 Å². The summed E-state index contributed by atoms with van der Waals surface area (Å²) in [5, 5.41) is 5.97. The van der Waals surface area contributed by atoms with Crippen molar-refractivity contribution >= 4 is 6.09 Å². The van der Waals surface area contributed by atoms with Crippen LogP contribution in [0, 0.1) is 0 Å². The van der Waals surface area contributed by atoms with E-state index in [0.717, 1.165) is 31.5 Å². The molecule has 0 saturated carbocycles. The third kappa shape index (κ3) is 27.7. The maximum atomic E-state index is 11.6. The molecule has 14 heteroatoms. The van der Waals surface area contributed by atoms with Crippen LogP contribution in [0.5, 0.6) is 0 Å². The first-order chi connectivity index (χ1) is 23.3. The van der Waals surface area contributed by atoms with Crippen molar-refractivity contribution in [2.75, 3.05) is 145 Å². The predicted octanol–water partition coefficient (Wildman–Crippen LogP) is 1.83. The summed E-state index contributed by atoms with van der Waals surface area (Å²) in [5.41, 5.74) is 0.939. The lowest BCUT2D eigenvalue weighted by Gasteiger charge is -2.22. The van der Waals surface area contributed by atoms with Crippen LogP contribution >= 0.6 is 0 Å². The van der Waals surface area contributed by atoms with E-state index in [1.807, 2.05) is 30.3 Å². The van der Waals surface area contributed by atoms with Crippen molar-refractivity contribution in [3.05, 3.63) is 35.9 Å². The third-order valence-electron chi connectivity index (χ3n) is 6.57. The highest BCUT2D eigenvalue weighted by Gasteiger charge is 2.12. The van der Waals surface area contributed by atoms with Gasteiger partial charge in [0.1, 0.15) is 6.61 Å². The molecule has 47 heavy (non-hydrogen) atoms. The summed E-state index contributed by atoms with van der Waals surface area (Å²) in [4.78, 5) is 11.6. The summed E-state index contributed by atoms with van der Waals surface area (Å²) in [5.74, 6) is 0. The van der Waals surface area contributed by atoms with Crippen LogP contribution in [-0.4, -0.2) is 157 Å². The second kappa shape index (κ2) is 32.6. The Balaban J connectivity index is 1.14. The molecular weight excluding hydrogens is 616 g/mol. The van der Waals surface area contributed by atoms with Crippen molar-refractivity contribution in [3.63, 3.8) is 0 Å². The minimum Gasteiger partial charge on any atom is -0.445 e. The molecule has 1 aromatic carbocycles. The summed E-state index contributed by atoms with van der Waals surface area (Å²) in [6.07, 6.45) is 2.06. The molecular formula is C33H58N2O12. The average Bonchev–Trinajstić information content (AvgIpc) is 3.10. The fourth-order valence-electron chi connectivity index (χ4n) is 4.10. The number of piperidine rings is 1. The Labute approximate surface area is 280 Å². The highest BCUT2D eigenvalue weighted by Crippen LogP contribution is 2.06. The molecule has 1 amide bonds. The second-order valence-corrected chi connectivity index (χ2v) is 10.3. The molecule has 272 valence electrons. The molecule has 0 radical (unpaired) electrons. The number of amides is 1. The number of carbonyl (C=O) groups is 1. The van der Waals surface area contributed by atoms with E-state index in [4.69, 9.17) is 52.1 Å². The van der Waals surface area contributed by atoms with E-state index in [1.165, 1.54) is 0 Å². The number of hydrogen-bond acceptors (Lipinski definition) is 13. The third-order valence-corrected chi connectivity index (χ3v) is 6.57. The molecule has 2 rings (SSSR count). The van der Waals surface area contributed by atoms with Crippen molar-refractivity contribution in [1.29, 1.82) is 0 Å². The van der Waals surface area contributed by atoms with E-state index in [9.17, 15) is 4.79 Å². The van der Waals surface area contributed by atoms with Crippen LogP contribution in [-0.2, 0) is 58.7 Å². The van der Waals surface area contributed by atoms with Crippen LogP contribution in [0.15, 0.2) is 30.3 Å². The van der Waals surface area contributed by atoms with Crippen LogP contribution in [0.2, 0.25) is 0 Å². The molecule has 1 aliphatic rings. The van der Waals surface area contributed by atoms with Crippen molar-refractivity contribution < 1.29 is 56.9 Å². The van der Waals surface area contributed by atoms with E-state index < -0.39 is 6.09 Å². The van der Waals surface area contributed by atoms with Crippen molar-refractivity contribution in [2.45, 2.75) is 25.6 Å². The molecule has 0 unspecified atom stereocenters. The van der Waals surface area contributed by atoms with E-state index in [0.29, 0.717) is 138 Å². The molecule has 0 aromatic heterocycles. The number of ether oxygens (including phenoxy) is 11. The first-order valence-electron chi connectivity index (χ1n) is 16.8. The summed E-state index contributed by atoms with van der Waals surface area (Å²) in [7, 11) is 0. The van der Waals surface area contributed by atoms with Gasteiger partial charge >= 0.3 is 6.09 Å². The Bertz CT molecular complexity index is 805. The standard InChI is InChI=1S/C33H58N2O12/c36-33(47-30-31-4-2-1-3-5-31)35-10-11-37-12-13-38-14-15-39-16-17-40-18-19-41-20-21-42-22-23-43-24-25-44-26-27-45-28-29-46-32-6-8-34-9-7-32/h1-5,32,34H,6-30H2,(H,35,36). The summed E-state index contributed by atoms with van der Waals surface area (Å²) in [6.45, 7) is 12.3. The minimum atomic E-state index is -0.467. The van der Waals surface area contributed by atoms with Gasteiger partial charge in [0, 0.05) is 6.54 Å². The van der Waals surface area contributed by atoms with Gasteiger partial charge in [-0.1, -0.05) is 30.3 Å². The van der Waals surface area contributed by atoms with Crippen molar-refractivity contribution in [3.8, 4) is 0 Å². The van der Waals surface area contributed by atoms with Gasteiger partial charge < -0.3 is 62.7 Å². The fraction of sp³-hybridized carbons (Fsp3) is 0.788. The fourth-order valence-corrected chi connectivity index (χ4v) is 4.10. The number of hydrogen-bond donors (Lipinski definition) is 2. The van der Waals surface area contributed by atoms with Crippen LogP contribution in [0.25, 0.3) is 0 Å². The number of benzene rings is 1. The SMILES string of the molecule is O=C(NCCOCCOCCOCCOCCOCCOCCOCCOCCOCCOC1CCNCC1)OCc1ccccc1. The zero-order valence-corrected chi connectivity index (χ0v) is 28.0. The van der Waals surface area contributed by atoms with Crippen molar-refractivity contribution in [1.82, 2.24) is 10.6 Å². The molecule has 2 N–H and O–H groups in total. The first-order valence-corrected chi connectivity index (χ1v) is 16.8. The predicted molar refractivity (Wildman–Crippen MR) is 174 cm³/mol. The normalized spacial score (nSPS) is 13.6. The molecule has 1 aliphatic heterocycles. The van der Waals surface area contributed by atoms with E-state index in [-0.39, 0.29) is 6.61 Å². The Morgan fingerprint density at radius 3 is 1.36 bits per heavy atom. The van der Waals surface area contributed by atoms with Gasteiger partial charge in [-0.05, 0) is 31.5 Å². The lowest BCUT2D eigenvalue weighted by Crippen LogP contribution is -2.33. The Morgan fingerprint density at radius 1 is 0.553 bits per heavy atom. The number of nitrogens with one attached hydrogen (secondary N) is 2. The number of alkyl carbamates (subject to hydrolysis) is 1. The van der Waals surface area contributed by atoms with Crippen LogP contribution in [0.3, 0.4) is 0 Å². The molecule has 1 fully saturated rings. The van der Waals surface area contributed by atoms with Gasteiger partial charge in [-0.2, -0.15) is 0 Å². The topological polar surface area (TPSA) is 143 Å². The van der Waals surface area contributed by atoms with Crippen molar-refractivity contribution in [2.24, 2.45) is 0 Å². The zero-order valence-electron chi connectivity index (χ0n) is 28.0. The molecule has 0 spiro atoms. The maximum Gasteiger partial charge on any atom is 0.407 e. The second-order valence-electron chi connectivity index (χ2n) is 10.3. The quantitative estimate of drug-likeness (QED) is 0.105. The molecule has 1 saturated heterocycles. The smallest absolute Gasteiger partial charge is 0.407 e. The van der Waals surface area contributed by atoms with Gasteiger partial charge in [0.25, 0.3) is 0 Å². The number of rotatable bonds is 33. The lowest BCUT2D eigenvalue weighted by molar-refractivity contribution is -0.0321. The zero-order chi connectivity index (χ0) is 33.1. The van der Waals surface area contributed by atoms with Gasteiger partial charge in [0.15, 0.2) is 0 Å². The minimum absolute atomic E-state index is 0.240. The molecule has 14 nitrogen and oxygen atoms in total. The van der Waals surface area contributed by atoms with Gasteiger partial charge in [0.2, 0.25) is 0 Å². The monoisotopic (exact) mass is 674 g/mol. The molecule has 0 aliphatic carbocycles. The highest BCUT2D eigenvalue weighted by molar-refractivity contribution is 5.67. The highest BCUT2D eigenvalue weighted by atomic mass is 16.6. The molecule has 1 aromatic rings. The first kappa shape index (κ1) is 41.2. The van der Waals surface area contributed by atoms with Gasteiger partial charge in [-0.15, -0.1) is 0 Å². The van der Waals surface area contributed by atoms with E-state index in [1.54, 1.807) is 0 Å². The maximum absolute atomic E-state index is 11.6. The Kier molecular flexibility index (Phi) is 28.6. The van der Waals surface area contributed by atoms with Gasteiger partial charge in [0.05, 0.1) is 132 Å². The largest absolute Gasteiger partial charge is 0.445 e. The summed E-state index contributed by atoms with van der Waals surface area (Å²) in [6, 6.07) is 9.51. The Morgan fingerprint density at radius 2 is 0.936 bits per heavy atom. The van der Waals surface area contributed by atoms with Crippen LogP contribution in [0.4, 0.5) is 4.79 Å². The Hall–Kier alpha value is -1.95. The van der Waals surface area contributed by atoms with Gasteiger partial charge in [-0.3, -0.25) is 0 Å². The molecule has 0 atom stereocenters. The summed E-state index contributed by atoms with van der Waals surface area (Å²) >= 11 is 0. The number of carbonyl (C=O) groups excluding carboxylic acids is 1. The van der Waals surface area contributed by atoms with E-state index in [2.05, 4.69) is 10.6 Å².